The van der Waals surface area contributed by atoms with Crippen LogP contribution in [0.3, 0.4) is 0 Å². The summed E-state index contributed by atoms with van der Waals surface area (Å²) >= 11 is 0. The van der Waals surface area contributed by atoms with Crippen LogP contribution in [0.2, 0.25) is 0 Å². The number of benzene rings is 1. The van der Waals surface area contributed by atoms with Gasteiger partial charge in [0.05, 0.1) is 11.2 Å². The molecule has 2 aliphatic rings. The molecule has 1 heterocycles. The highest BCUT2D eigenvalue weighted by molar-refractivity contribution is 7.90. The smallest absolute Gasteiger partial charge is 0.321 e. The molecule has 0 radical (unpaired) electrons. The number of carboxylic acid groups (broad SMARTS) is 1. The number of sulfone groups is 1. The summed E-state index contributed by atoms with van der Waals surface area (Å²) in [5, 5.41) is 12.4. The Kier molecular flexibility index (Phi) is 4.96. The number of amides is 2. The highest BCUT2D eigenvalue weighted by Crippen LogP contribution is 2.48. The summed E-state index contributed by atoms with van der Waals surface area (Å²) in [6, 6.07) is 6.39. The van der Waals surface area contributed by atoms with Crippen LogP contribution in [0.4, 0.5) is 10.5 Å². The van der Waals surface area contributed by atoms with Gasteiger partial charge in [-0.3, -0.25) is 4.79 Å². The van der Waals surface area contributed by atoms with Crippen molar-refractivity contribution in [2.24, 2.45) is 11.3 Å². The van der Waals surface area contributed by atoms with Crippen molar-refractivity contribution in [3.05, 3.63) is 29.8 Å². The Bertz CT molecular complexity index is 805. The van der Waals surface area contributed by atoms with E-state index < -0.39 is 21.2 Å². The van der Waals surface area contributed by atoms with Crippen molar-refractivity contribution in [3.63, 3.8) is 0 Å². The molecule has 2 N–H and O–H groups in total. The second-order valence-corrected chi connectivity index (χ2v) is 9.59. The number of carbonyl (C=O) groups excluding carboxylic acids is 1. The molecule has 2 amide bonds. The van der Waals surface area contributed by atoms with Crippen LogP contribution in [0.1, 0.15) is 31.7 Å². The Morgan fingerprint density at radius 2 is 2.00 bits per heavy atom. The zero-order valence-corrected chi connectivity index (χ0v) is 15.6. The molecule has 2 fully saturated rings. The summed E-state index contributed by atoms with van der Waals surface area (Å²) in [6.07, 6.45) is 2.36. The molecular weight excluding hydrogens is 356 g/mol. The maximum Gasteiger partial charge on any atom is 0.321 e. The average Bonchev–Trinajstić information content (AvgIpc) is 3.15. The van der Waals surface area contributed by atoms with Gasteiger partial charge in [-0.1, -0.05) is 25.5 Å². The second kappa shape index (κ2) is 6.90. The number of hydrogen-bond acceptors (Lipinski definition) is 4. The summed E-state index contributed by atoms with van der Waals surface area (Å²) in [6.45, 7) is 2.32. The molecule has 1 saturated heterocycles. The minimum absolute atomic E-state index is 0.0207. The van der Waals surface area contributed by atoms with E-state index in [0.29, 0.717) is 24.2 Å². The molecule has 1 aliphatic heterocycles. The lowest BCUT2D eigenvalue weighted by Crippen LogP contribution is -2.38. The van der Waals surface area contributed by atoms with Crippen LogP contribution < -0.4 is 5.32 Å². The van der Waals surface area contributed by atoms with Crippen LogP contribution in [0.5, 0.6) is 0 Å². The highest BCUT2D eigenvalue weighted by atomic mass is 32.2. The number of nitrogens with one attached hydrogen (secondary N) is 1. The fraction of sp³-hybridized carbons (Fsp3) is 0.556. The summed E-state index contributed by atoms with van der Waals surface area (Å²) in [4.78, 5) is 25.8. The predicted octanol–water partition coefficient (Wildman–Crippen LogP) is 2.34. The van der Waals surface area contributed by atoms with Gasteiger partial charge >= 0.3 is 12.0 Å². The van der Waals surface area contributed by atoms with Crippen molar-refractivity contribution in [1.82, 2.24) is 4.90 Å². The Morgan fingerprint density at radius 3 is 2.58 bits per heavy atom. The molecule has 1 aliphatic carbocycles. The number of fused-ring (bicyclic) bond motifs is 1. The number of anilines is 1. The first-order valence-electron chi connectivity index (χ1n) is 8.84. The van der Waals surface area contributed by atoms with Crippen LogP contribution >= 0.6 is 0 Å². The van der Waals surface area contributed by atoms with Crippen molar-refractivity contribution in [2.75, 3.05) is 24.2 Å². The van der Waals surface area contributed by atoms with E-state index in [1.807, 2.05) is 0 Å². The van der Waals surface area contributed by atoms with Gasteiger partial charge in [-0.25, -0.2) is 13.2 Å². The van der Waals surface area contributed by atoms with E-state index >= 15 is 0 Å². The molecule has 1 aromatic rings. The van der Waals surface area contributed by atoms with Crippen molar-refractivity contribution >= 4 is 27.5 Å². The zero-order chi connectivity index (χ0) is 18.9. The van der Waals surface area contributed by atoms with Gasteiger partial charge in [-0.05, 0) is 36.5 Å². The van der Waals surface area contributed by atoms with E-state index in [1.165, 1.54) is 0 Å². The highest BCUT2D eigenvalue weighted by Gasteiger charge is 2.55. The fourth-order valence-electron chi connectivity index (χ4n) is 4.04. The molecule has 1 saturated carbocycles. The van der Waals surface area contributed by atoms with Gasteiger partial charge in [0.1, 0.15) is 0 Å². The number of hydrogen-bond donors (Lipinski definition) is 2. The van der Waals surface area contributed by atoms with E-state index in [9.17, 15) is 23.1 Å². The van der Waals surface area contributed by atoms with Crippen molar-refractivity contribution in [2.45, 2.75) is 31.9 Å². The molecule has 7 nitrogen and oxygen atoms in total. The van der Waals surface area contributed by atoms with E-state index in [0.717, 1.165) is 12.8 Å². The lowest BCUT2D eigenvalue weighted by atomic mass is 9.81. The third-order valence-corrected chi connectivity index (χ3v) is 7.27. The number of nitrogens with zero attached hydrogens (tertiary/aromatic N) is 1. The molecule has 1 aromatic carbocycles. The first kappa shape index (κ1) is 18.7. The molecule has 0 spiro atoms. The van der Waals surface area contributed by atoms with Gasteiger partial charge in [0.25, 0.3) is 0 Å². The Morgan fingerprint density at radius 1 is 1.31 bits per heavy atom. The Hall–Kier alpha value is -2.09. The number of urea groups is 1. The maximum absolute atomic E-state index is 12.5. The van der Waals surface area contributed by atoms with E-state index in [-0.39, 0.29) is 30.0 Å². The van der Waals surface area contributed by atoms with Gasteiger partial charge in [-0.2, -0.15) is 0 Å². The van der Waals surface area contributed by atoms with Gasteiger partial charge in [0.15, 0.2) is 9.84 Å². The van der Waals surface area contributed by atoms with Crippen molar-refractivity contribution < 1.29 is 23.1 Å². The van der Waals surface area contributed by atoms with Gasteiger partial charge < -0.3 is 15.3 Å². The fourth-order valence-corrected chi connectivity index (χ4v) is 4.94. The number of carbonyl (C=O) groups is 2. The number of likely N-dealkylation sites (tertiary alicyclic amines) is 1. The first-order valence-corrected chi connectivity index (χ1v) is 10.7. The summed E-state index contributed by atoms with van der Waals surface area (Å²) < 4.78 is 23.3. The summed E-state index contributed by atoms with van der Waals surface area (Å²) in [7, 11) is -3.10. The SMILES string of the molecule is CCS(=O)(=O)Cc1ccc(NC(=O)N2C[C@@H]3CCC[C@@]3(C(=O)O)C2)cc1. The minimum Gasteiger partial charge on any atom is -0.481 e. The topological polar surface area (TPSA) is 104 Å². The van der Waals surface area contributed by atoms with E-state index in [2.05, 4.69) is 5.32 Å². The third-order valence-electron chi connectivity index (χ3n) is 5.62. The number of rotatable bonds is 5. The first-order chi connectivity index (χ1) is 12.3. The molecule has 2 atom stereocenters. The Balaban J connectivity index is 1.63. The number of carboxylic acids is 1. The second-order valence-electron chi connectivity index (χ2n) is 7.23. The van der Waals surface area contributed by atoms with Crippen LogP contribution in [-0.4, -0.2) is 49.3 Å². The molecule has 0 aromatic heterocycles. The lowest BCUT2D eigenvalue weighted by Gasteiger charge is -2.23. The monoisotopic (exact) mass is 380 g/mol. The normalized spacial score (nSPS) is 25.1. The van der Waals surface area contributed by atoms with Gasteiger partial charge in [0.2, 0.25) is 0 Å². The standard InChI is InChI=1S/C18H24N2O5S/c1-2-26(24,25)11-13-5-7-15(8-6-13)19-17(23)20-10-14-4-3-9-18(14,12-20)16(21)22/h5-8,14H,2-4,9-12H2,1H3,(H,19,23)(H,21,22)/t14-,18+/m0/s1. The van der Waals surface area contributed by atoms with Crippen molar-refractivity contribution in [1.29, 1.82) is 0 Å². The largest absolute Gasteiger partial charge is 0.481 e. The van der Waals surface area contributed by atoms with Crippen LogP contribution in [0.15, 0.2) is 24.3 Å². The van der Waals surface area contributed by atoms with Crippen LogP contribution in [0.25, 0.3) is 0 Å². The quantitative estimate of drug-likeness (QED) is 0.816. The summed E-state index contributed by atoms with van der Waals surface area (Å²) in [5.41, 5.74) is 0.440. The Labute approximate surface area is 153 Å². The average molecular weight is 380 g/mol. The van der Waals surface area contributed by atoms with Gasteiger partial charge in [0, 0.05) is 24.5 Å². The molecule has 3 rings (SSSR count). The lowest BCUT2D eigenvalue weighted by molar-refractivity contribution is -0.149. The van der Waals surface area contributed by atoms with E-state index in [1.54, 1.807) is 36.1 Å². The maximum atomic E-state index is 12.5. The molecule has 26 heavy (non-hydrogen) atoms. The molecular formula is C18H24N2O5S. The predicted molar refractivity (Wildman–Crippen MR) is 97.6 cm³/mol. The third kappa shape index (κ3) is 3.56. The summed E-state index contributed by atoms with van der Waals surface area (Å²) in [5.74, 6) is -0.719. The van der Waals surface area contributed by atoms with E-state index in [4.69, 9.17) is 0 Å². The van der Waals surface area contributed by atoms with Crippen LogP contribution in [0, 0.1) is 11.3 Å². The molecule has 8 heteroatoms. The van der Waals surface area contributed by atoms with Crippen LogP contribution in [-0.2, 0) is 20.4 Å². The minimum atomic E-state index is -3.10. The molecule has 0 unspecified atom stereocenters. The number of aliphatic carboxylic acids is 1. The van der Waals surface area contributed by atoms with Gasteiger partial charge in [-0.15, -0.1) is 0 Å². The molecule has 142 valence electrons. The molecule has 0 bridgehead atoms. The zero-order valence-electron chi connectivity index (χ0n) is 14.8. The van der Waals surface area contributed by atoms with Crippen molar-refractivity contribution in [3.8, 4) is 0 Å².